The lowest BCUT2D eigenvalue weighted by atomic mass is 9.89. The second-order valence-electron chi connectivity index (χ2n) is 6.83. The number of carboxylic acid groups (broad SMARTS) is 1. The molecule has 3 aromatic carbocycles. The maximum absolute atomic E-state index is 10.8. The van der Waals surface area contributed by atoms with E-state index in [4.69, 9.17) is 5.11 Å². The molecule has 0 saturated carbocycles. The van der Waals surface area contributed by atoms with Gasteiger partial charge in [0.15, 0.2) is 0 Å². The summed E-state index contributed by atoms with van der Waals surface area (Å²) < 4.78 is 0. The number of aromatic amines is 1. The predicted octanol–water partition coefficient (Wildman–Crippen LogP) is 5.64. The zero-order valence-corrected chi connectivity index (χ0v) is 16.0. The van der Waals surface area contributed by atoms with E-state index in [1.807, 2.05) is 54.7 Å². The van der Waals surface area contributed by atoms with Crippen LogP contribution in [0, 0.1) is 0 Å². The minimum Gasteiger partial charge on any atom is -0.478 e. The van der Waals surface area contributed by atoms with Crippen LogP contribution in [0.3, 0.4) is 0 Å². The van der Waals surface area contributed by atoms with Crippen molar-refractivity contribution in [1.82, 2.24) is 10.2 Å². The molecule has 0 bridgehead atoms. The molecule has 0 atom stereocenters. The number of allylic oxidation sites excluding steroid dienone is 1. The summed E-state index contributed by atoms with van der Waals surface area (Å²) in [4.78, 5) is 10.8. The number of fused-ring (bicyclic) bond motifs is 1. The molecule has 4 rings (SSSR count). The van der Waals surface area contributed by atoms with Gasteiger partial charge in [-0.1, -0.05) is 60.7 Å². The van der Waals surface area contributed by atoms with Gasteiger partial charge in [0.1, 0.15) is 0 Å². The van der Waals surface area contributed by atoms with E-state index in [-0.39, 0.29) is 0 Å². The molecule has 4 aromatic rings. The van der Waals surface area contributed by atoms with Crippen molar-refractivity contribution in [2.24, 2.45) is 0 Å². The number of nitrogens with zero attached hydrogens (tertiary/aromatic N) is 1. The molecule has 0 aliphatic carbocycles. The van der Waals surface area contributed by atoms with Crippen LogP contribution in [0.5, 0.6) is 0 Å². The van der Waals surface area contributed by atoms with Crippen LogP contribution in [0.4, 0.5) is 0 Å². The second kappa shape index (κ2) is 7.98. The molecule has 0 fully saturated rings. The zero-order chi connectivity index (χ0) is 20.2. The Morgan fingerprint density at radius 3 is 2.38 bits per heavy atom. The molecular formula is C25H20N2O2. The van der Waals surface area contributed by atoms with Gasteiger partial charge in [0.05, 0.1) is 11.7 Å². The average Bonchev–Trinajstić information content (AvgIpc) is 3.22. The SMILES string of the molecule is CC(=C(c1ccc(/C=C/C(=O)O)cc1)c1ccc2[nH]ncc2c1)c1ccccc1. The minimum absolute atomic E-state index is 0.846. The fraction of sp³-hybridized carbons (Fsp3) is 0.0400. The Labute approximate surface area is 168 Å². The molecule has 29 heavy (non-hydrogen) atoms. The van der Waals surface area contributed by atoms with E-state index in [9.17, 15) is 4.79 Å². The van der Waals surface area contributed by atoms with Gasteiger partial charge >= 0.3 is 5.97 Å². The third kappa shape index (κ3) is 4.01. The summed E-state index contributed by atoms with van der Waals surface area (Å²) in [6, 6.07) is 24.5. The first-order valence-electron chi connectivity index (χ1n) is 9.33. The highest BCUT2D eigenvalue weighted by Crippen LogP contribution is 2.33. The van der Waals surface area contributed by atoms with Crippen molar-refractivity contribution in [3.63, 3.8) is 0 Å². The highest BCUT2D eigenvalue weighted by atomic mass is 16.4. The van der Waals surface area contributed by atoms with Crippen LogP contribution in [0.1, 0.15) is 29.2 Å². The van der Waals surface area contributed by atoms with E-state index in [0.717, 1.165) is 44.8 Å². The molecule has 0 spiro atoms. The molecule has 4 heteroatoms. The van der Waals surface area contributed by atoms with Crippen molar-refractivity contribution >= 4 is 34.1 Å². The normalized spacial score (nSPS) is 12.3. The van der Waals surface area contributed by atoms with Gasteiger partial charge in [0.2, 0.25) is 0 Å². The first-order chi connectivity index (χ1) is 14.1. The summed E-state index contributed by atoms with van der Waals surface area (Å²) in [5, 5.41) is 17.0. The van der Waals surface area contributed by atoms with Crippen LogP contribution in [0.25, 0.3) is 28.1 Å². The number of H-pyrrole nitrogens is 1. The van der Waals surface area contributed by atoms with Gasteiger partial charge < -0.3 is 5.11 Å². The Balaban J connectivity index is 1.85. The molecule has 1 heterocycles. The Kier molecular flexibility index (Phi) is 5.08. The van der Waals surface area contributed by atoms with Crippen molar-refractivity contribution < 1.29 is 9.90 Å². The van der Waals surface area contributed by atoms with Crippen molar-refractivity contribution in [3.8, 4) is 0 Å². The van der Waals surface area contributed by atoms with Crippen molar-refractivity contribution in [1.29, 1.82) is 0 Å². The molecule has 0 unspecified atom stereocenters. The smallest absolute Gasteiger partial charge is 0.328 e. The summed E-state index contributed by atoms with van der Waals surface area (Å²) in [6.45, 7) is 2.13. The fourth-order valence-corrected chi connectivity index (χ4v) is 3.46. The predicted molar refractivity (Wildman–Crippen MR) is 117 cm³/mol. The van der Waals surface area contributed by atoms with Crippen molar-refractivity contribution in [3.05, 3.63) is 107 Å². The maximum Gasteiger partial charge on any atom is 0.328 e. The van der Waals surface area contributed by atoms with Gasteiger partial charge in [0, 0.05) is 11.5 Å². The lowest BCUT2D eigenvalue weighted by molar-refractivity contribution is -0.131. The number of carboxylic acids is 1. The van der Waals surface area contributed by atoms with E-state index in [0.29, 0.717) is 0 Å². The molecular weight excluding hydrogens is 360 g/mol. The summed E-state index contributed by atoms with van der Waals surface area (Å²) in [5.74, 6) is -0.956. The van der Waals surface area contributed by atoms with E-state index in [2.05, 4.69) is 41.4 Å². The van der Waals surface area contributed by atoms with Gasteiger partial charge in [-0.25, -0.2) is 4.79 Å². The molecule has 0 saturated heterocycles. The number of aromatic nitrogens is 2. The maximum atomic E-state index is 10.8. The van der Waals surface area contributed by atoms with E-state index in [1.165, 1.54) is 5.57 Å². The number of carbonyl (C=O) groups is 1. The largest absolute Gasteiger partial charge is 0.478 e. The van der Waals surface area contributed by atoms with Gasteiger partial charge in [-0.3, -0.25) is 5.10 Å². The molecule has 142 valence electrons. The summed E-state index contributed by atoms with van der Waals surface area (Å²) in [6.07, 6.45) is 4.57. The Morgan fingerprint density at radius 2 is 1.66 bits per heavy atom. The van der Waals surface area contributed by atoms with Crippen LogP contribution >= 0.6 is 0 Å². The number of hydrogen-bond acceptors (Lipinski definition) is 2. The molecule has 0 amide bonds. The Bertz CT molecular complexity index is 1220. The number of benzene rings is 3. The Hall–Kier alpha value is -3.92. The standard InChI is InChI=1S/C25H20N2O2/c1-17(19-5-3-2-4-6-19)25(21-12-13-23-22(15-21)16-26-27-23)20-10-7-18(8-11-20)9-14-24(28)29/h2-16H,1H3,(H,26,27)(H,28,29)/b14-9+,25-17?. The molecule has 0 radical (unpaired) electrons. The van der Waals surface area contributed by atoms with Gasteiger partial charge in [0.25, 0.3) is 0 Å². The average molecular weight is 380 g/mol. The van der Waals surface area contributed by atoms with Gasteiger partial charge in [-0.15, -0.1) is 0 Å². The fourth-order valence-electron chi connectivity index (χ4n) is 3.46. The first kappa shape index (κ1) is 18.4. The third-order valence-electron chi connectivity index (χ3n) is 4.93. The third-order valence-corrected chi connectivity index (χ3v) is 4.93. The first-order valence-corrected chi connectivity index (χ1v) is 9.33. The van der Waals surface area contributed by atoms with E-state index < -0.39 is 5.97 Å². The second-order valence-corrected chi connectivity index (χ2v) is 6.83. The molecule has 2 N–H and O–H groups in total. The van der Waals surface area contributed by atoms with Crippen LogP contribution in [-0.2, 0) is 4.79 Å². The van der Waals surface area contributed by atoms with Gasteiger partial charge in [-0.2, -0.15) is 5.10 Å². The van der Waals surface area contributed by atoms with Crippen molar-refractivity contribution in [2.75, 3.05) is 0 Å². The lowest BCUT2D eigenvalue weighted by Gasteiger charge is -2.15. The minimum atomic E-state index is -0.956. The number of hydrogen-bond donors (Lipinski definition) is 2. The van der Waals surface area contributed by atoms with Crippen LogP contribution < -0.4 is 0 Å². The number of nitrogens with one attached hydrogen (secondary N) is 1. The summed E-state index contributed by atoms with van der Waals surface area (Å²) in [7, 11) is 0. The van der Waals surface area contributed by atoms with Crippen LogP contribution in [-0.4, -0.2) is 21.3 Å². The highest BCUT2D eigenvalue weighted by molar-refractivity contribution is 5.99. The quantitative estimate of drug-likeness (QED) is 0.348. The zero-order valence-electron chi connectivity index (χ0n) is 16.0. The van der Waals surface area contributed by atoms with Crippen molar-refractivity contribution in [2.45, 2.75) is 6.92 Å². The number of rotatable bonds is 5. The monoisotopic (exact) mass is 380 g/mol. The van der Waals surface area contributed by atoms with Crippen LogP contribution in [0.2, 0.25) is 0 Å². The van der Waals surface area contributed by atoms with Gasteiger partial charge in [-0.05, 0) is 58.5 Å². The lowest BCUT2D eigenvalue weighted by Crippen LogP contribution is -1.93. The Morgan fingerprint density at radius 1 is 0.931 bits per heavy atom. The molecule has 4 nitrogen and oxygen atoms in total. The molecule has 1 aromatic heterocycles. The highest BCUT2D eigenvalue weighted by Gasteiger charge is 2.12. The number of aliphatic carboxylic acids is 1. The van der Waals surface area contributed by atoms with E-state index >= 15 is 0 Å². The summed E-state index contributed by atoms with van der Waals surface area (Å²) in [5.41, 5.74) is 7.48. The molecule has 0 aliphatic rings. The van der Waals surface area contributed by atoms with E-state index in [1.54, 1.807) is 6.08 Å². The molecule has 0 aliphatic heterocycles. The van der Waals surface area contributed by atoms with Crippen LogP contribution in [0.15, 0.2) is 85.1 Å². The summed E-state index contributed by atoms with van der Waals surface area (Å²) >= 11 is 0. The topological polar surface area (TPSA) is 66.0 Å².